The van der Waals surface area contributed by atoms with Gasteiger partial charge >= 0.3 is 6.18 Å². The molecule has 1 aromatic heterocycles. The highest BCUT2D eigenvalue weighted by molar-refractivity contribution is 7.71. The van der Waals surface area contributed by atoms with Gasteiger partial charge in [0.2, 0.25) is 5.89 Å². The number of ether oxygens (including phenoxy) is 1. The van der Waals surface area contributed by atoms with Crippen LogP contribution < -0.4 is 4.74 Å². The second kappa shape index (κ2) is 8.48. The molecule has 0 radical (unpaired) electrons. The van der Waals surface area contributed by atoms with Gasteiger partial charge in [-0.1, -0.05) is 19.1 Å². The third-order valence-corrected chi connectivity index (χ3v) is 3.73. The number of hydrogen-bond donors (Lipinski definition) is 0. The molecule has 138 valence electrons. The van der Waals surface area contributed by atoms with Gasteiger partial charge in [0.15, 0.2) is 0 Å². The van der Waals surface area contributed by atoms with Crippen molar-refractivity contribution in [3.63, 3.8) is 0 Å². The molecule has 2 aromatic rings. The first-order chi connectivity index (χ1) is 11.8. The summed E-state index contributed by atoms with van der Waals surface area (Å²) in [5.41, 5.74) is 0.935. The minimum atomic E-state index is -4.27. The van der Waals surface area contributed by atoms with Gasteiger partial charge in [0.25, 0.3) is 4.84 Å². The van der Waals surface area contributed by atoms with Crippen molar-refractivity contribution in [3.05, 3.63) is 40.6 Å². The minimum Gasteiger partial charge on any atom is -0.497 e. The molecule has 0 unspecified atom stereocenters. The van der Waals surface area contributed by atoms with Gasteiger partial charge in [0.05, 0.1) is 26.7 Å². The van der Waals surface area contributed by atoms with E-state index in [0.29, 0.717) is 25.3 Å². The molecule has 2 rings (SSSR count). The summed E-state index contributed by atoms with van der Waals surface area (Å²) >= 11 is 5.08. The lowest BCUT2D eigenvalue weighted by atomic mass is 10.1. The van der Waals surface area contributed by atoms with Crippen LogP contribution in [0.1, 0.15) is 24.8 Å². The van der Waals surface area contributed by atoms with E-state index in [1.165, 1.54) is 9.58 Å². The van der Waals surface area contributed by atoms with Crippen molar-refractivity contribution in [3.8, 4) is 5.75 Å². The molecule has 1 aromatic carbocycles. The van der Waals surface area contributed by atoms with E-state index < -0.39 is 12.7 Å². The summed E-state index contributed by atoms with van der Waals surface area (Å²) in [5.74, 6) is 1.09. The maximum Gasteiger partial charge on any atom is 0.401 e. The van der Waals surface area contributed by atoms with Gasteiger partial charge in [0, 0.05) is 0 Å². The molecule has 0 aliphatic heterocycles. The van der Waals surface area contributed by atoms with Gasteiger partial charge < -0.3 is 9.15 Å². The van der Waals surface area contributed by atoms with Crippen LogP contribution in [0, 0.1) is 4.84 Å². The van der Waals surface area contributed by atoms with Crippen molar-refractivity contribution in [1.82, 2.24) is 14.7 Å². The average molecular weight is 375 g/mol. The van der Waals surface area contributed by atoms with Crippen LogP contribution in [0.4, 0.5) is 13.2 Å². The van der Waals surface area contributed by atoms with Crippen molar-refractivity contribution >= 4 is 12.2 Å². The van der Waals surface area contributed by atoms with Gasteiger partial charge in [-0.3, -0.25) is 4.90 Å². The Morgan fingerprint density at radius 2 is 1.96 bits per heavy atom. The fraction of sp³-hybridized carbons (Fsp3) is 0.500. The molecule has 0 spiro atoms. The number of nitrogens with zero attached hydrogens (tertiary/aromatic N) is 3. The van der Waals surface area contributed by atoms with E-state index in [1.807, 2.05) is 31.2 Å². The molecule has 0 aliphatic carbocycles. The topological polar surface area (TPSA) is 43.4 Å². The molecule has 5 nitrogen and oxygen atoms in total. The molecule has 0 fully saturated rings. The van der Waals surface area contributed by atoms with Crippen LogP contribution in [-0.2, 0) is 13.1 Å². The molecule has 1 heterocycles. The Kier molecular flexibility index (Phi) is 6.60. The van der Waals surface area contributed by atoms with Crippen LogP contribution in [0.25, 0.3) is 0 Å². The molecule has 0 atom stereocenters. The number of rotatable bonds is 8. The van der Waals surface area contributed by atoms with Crippen LogP contribution in [0.2, 0.25) is 0 Å². The first kappa shape index (κ1) is 19.5. The maximum absolute atomic E-state index is 12.7. The zero-order chi connectivity index (χ0) is 18.4. The Morgan fingerprint density at radius 3 is 2.52 bits per heavy atom. The van der Waals surface area contributed by atoms with Crippen LogP contribution in [0.3, 0.4) is 0 Å². The van der Waals surface area contributed by atoms with Gasteiger partial charge in [-0.2, -0.15) is 13.2 Å². The zero-order valence-electron chi connectivity index (χ0n) is 14.0. The Hall–Kier alpha value is -1.87. The monoisotopic (exact) mass is 375 g/mol. The van der Waals surface area contributed by atoms with Gasteiger partial charge in [-0.15, -0.1) is 5.10 Å². The first-order valence-corrected chi connectivity index (χ1v) is 8.20. The molecule has 0 N–H and O–H groups in total. The number of aromatic nitrogens is 2. The van der Waals surface area contributed by atoms with Crippen LogP contribution in [0.15, 0.2) is 28.7 Å². The number of halogens is 3. The summed E-state index contributed by atoms with van der Waals surface area (Å²) in [6.45, 7) is 1.05. The lowest BCUT2D eigenvalue weighted by Crippen LogP contribution is -2.36. The predicted molar refractivity (Wildman–Crippen MR) is 89.0 cm³/mol. The third kappa shape index (κ3) is 6.17. The van der Waals surface area contributed by atoms with Crippen molar-refractivity contribution in [2.45, 2.75) is 32.6 Å². The van der Waals surface area contributed by atoms with Crippen molar-refractivity contribution in [1.29, 1.82) is 0 Å². The summed E-state index contributed by atoms with van der Waals surface area (Å²) in [4.78, 5) is 1.31. The van der Waals surface area contributed by atoms with Crippen molar-refractivity contribution in [2.75, 3.05) is 20.2 Å². The SMILES string of the molecule is CCCN(Cn1nc(Cc2ccc(OC)cc2)oc1=S)CC(F)(F)F. The fourth-order valence-electron chi connectivity index (χ4n) is 2.39. The second-order valence-corrected chi connectivity index (χ2v) is 5.94. The molecule has 0 bridgehead atoms. The lowest BCUT2D eigenvalue weighted by Gasteiger charge is -2.22. The lowest BCUT2D eigenvalue weighted by molar-refractivity contribution is -0.149. The van der Waals surface area contributed by atoms with Gasteiger partial charge in [-0.25, -0.2) is 4.68 Å². The average Bonchev–Trinajstić information content (AvgIpc) is 2.86. The van der Waals surface area contributed by atoms with Gasteiger partial charge in [-0.05, 0) is 42.9 Å². The number of benzene rings is 1. The highest BCUT2D eigenvalue weighted by atomic mass is 32.1. The van der Waals surface area contributed by atoms with Crippen LogP contribution in [-0.4, -0.2) is 41.1 Å². The quantitative estimate of drug-likeness (QED) is 0.652. The van der Waals surface area contributed by atoms with E-state index in [2.05, 4.69) is 5.10 Å². The third-order valence-electron chi connectivity index (χ3n) is 3.44. The Balaban J connectivity index is 2.08. The van der Waals surface area contributed by atoms with E-state index in [4.69, 9.17) is 21.4 Å². The maximum atomic E-state index is 12.7. The number of methoxy groups -OCH3 is 1. The standard InChI is InChI=1S/C16H20F3N3O2S/c1-3-8-21(10-16(17,18)19)11-22-15(25)24-14(20-22)9-12-4-6-13(23-2)7-5-12/h4-7H,3,8-11H2,1-2H3. The molecule has 0 saturated carbocycles. The van der Waals surface area contributed by atoms with Crippen molar-refractivity contribution in [2.24, 2.45) is 0 Å². The number of hydrogen-bond acceptors (Lipinski definition) is 5. The van der Waals surface area contributed by atoms with E-state index >= 15 is 0 Å². The molecule has 0 saturated heterocycles. The van der Waals surface area contributed by atoms with E-state index in [9.17, 15) is 13.2 Å². The first-order valence-electron chi connectivity index (χ1n) is 7.79. The molecule has 25 heavy (non-hydrogen) atoms. The summed E-state index contributed by atoms with van der Waals surface area (Å²) < 4.78 is 49.8. The molecular formula is C16H20F3N3O2S. The summed E-state index contributed by atoms with van der Waals surface area (Å²) in [6.07, 6.45) is -3.28. The summed E-state index contributed by atoms with van der Waals surface area (Å²) in [7, 11) is 1.58. The molecule has 9 heteroatoms. The summed E-state index contributed by atoms with van der Waals surface area (Å²) in [6, 6.07) is 7.35. The molecule has 0 amide bonds. The molecular weight excluding hydrogens is 355 g/mol. The van der Waals surface area contributed by atoms with Gasteiger partial charge in [0.1, 0.15) is 5.75 Å². The predicted octanol–water partition coefficient (Wildman–Crippen LogP) is 4.04. The molecule has 0 aliphatic rings. The normalized spacial score (nSPS) is 11.9. The zero-order valence-corrected chi connectivity index (χ0v) is 14.9. The highest BCUT2D eigenvalue weighted by Gasteiger charge is 2.30. The second-order valence-electron chi connectivity index (χ2n) is 5.60. The fourth-order valence-corrected chi connectivity index (χ4v) is 2.58. The van der Waals surface area contributed by atoms with Crippen LogP contribution in [0.5, 0.6) is 5.75 Å². The smallest absolute Gasteiger partial charge is 0.401 e. The van der Waals surface area contributed by atoms with E-state index in [1.54, 1.807) is 7.11 Å². The Bertz CT molecular complexity index is 725. The van der Waals surface area contributed by atoms with Crippen molar-refractivity contribution < 1.29 is 22.3 Å². The van der Waals surface area contributed by atoms with E-state index in [0.717, 1.165) is 11.3 Å². The Labute approximate surface area is 149 Å². The Morgan fingerprint density at radius 1 is 1.28 bits per heavy atom. The number of alkyl halides is 3. The minimum absolute atomic E-state index is 0.0572. The van der Waals surface area contributed by atoms with Crippen LogP contribution >= 0.6 is 12.2 Å². The largest absolute Gasteiger partial charge is 0.497 e. The highest BCUT2D eigenvalue weighted by Crippen LogP contribution is 2.18. The summed E-state index contributed by atoms with van der Waals surface area (Å²) in [5, 5.41) is 4.21. The van der Waals surface area contributed by atoms with E-state index in [-0.39, 0.29) is 11.5 Å².